The molecule has 0 fully saturated rings. The van der Waals surface area contributed by atoms with Crippen LogP contribution in [0.3, 0.4) is 0 Å². The Morgan fingerprint density at radius 3 is 2.79 bits per heavy atom. The van der Waals surface area contributed by atoms with Gasteiger partial charge in [0, 0.05) is 6.42 Å². The van der Waals surface area contributed by atoms with Gasteiger partial charge in [-0.25, -0.2) is 0 Å². The van der Waals surface area contributed by atoms with Gasteiger partial charge in [-0.2, -0.15) is 4.68 Å². The lowest BCUT2D eigenvalue weighted by atomic mass is 10.1. The lowest BCUT2D eigenvalue weighted by Gasteiger charge is -2.19. The fourth-order valence-electron chi connectivity index (χ4n) is 3.10. The van der Waals surface area contributed by atoms with Gasteiger partial charge >= 0.3 is 0 Å². The standard InChI is InChI=1S/C17H15N5O2/c23-15-9-11-5-1-2-6-12(11)16(15)19-17(24)13-7-3-4-8-14(13)22-10-18-20-21-22/h1-8,10,15-16,23H,9H2,(H,19,24). The average Bonchev–Trinajstić information content (AvgIpc) is 3.24. The second kappa shape index (κ2) is 5.86. The molecule has 1 heterocycles. The normalized spacial score (nSPS) is 19.0. The van der Waals surface area contributed by atoms with Crippen molar-refractivity contribution in [2.24, 2.45) is 0 Å². The number of nitrogens with one attached hydrogen (secondary N) is 1. The molecule has 0 saturated carbocycles. The molecule has 0 saturated heterocycles. The Bertz CT molecular complexity index is 878. The van der Waals surface area contributed by atoms with Gasteiger partial charge in [-0.1, -0.05) is 36.4 Å². The molecule has 2 N–H and O–H groups in total. The molecule has 0 aliphatic heterocycles. The van der Waals surface area contributed by atoms with Crippen LogP contribution in [-0.4, -0.2) is 37.3 Å². The van der Waals surface area contributed by atoms with E-state index >= 15 is 0 Å². The molecule has 2 unspecified atom stereocenters. The summed E-state index contributed by atoms with van der Waals surface area (Å²) in [7, 11) is 0. The van der Waals surface area contributed by atoms with Gasteiger partial charge in [-0.3, -0.25) is 4.79 Å². The average molecular weight is 321 g/mol. The van der Waals surface area contributed by atoms with Crippen LogP contribution in [0, 0.1) is 0 Å². The fraction of sp³-hybridized carbons (Fsp3) is 0.176. The van der Waals surface area contributed by atoms with E-state index < -0.39 is 12.1 Å². The Morgan fingerprint density at radius 2 is 1.96 bits per heavy atom. The number of carbonyl (C=O) groups is 1. The zero-order chi connectivity index (χ0) is 16.5. The van der Waals surface area contributed by atoms with Gasteiger partial charge in [0.15, 0.2) is 0 Å². The van der Waals surface area contributed by atoms with Crippen molar-refractivity contribution in [1.82, 2.24) is 25.5 Å². The first kappa shape index (κ1) is 14.5. The third kappa shape index (κ3) is 2.44. The van der Waals surface area contributed by atoms with Crippen molar-refractivity contribution >= 4 is 5.91 Å². The smallest absolute Gasteiger partial charge is 0.254 e. The van der Waals surface area contributed by atoms with E-state index in [0.29, 0.717) is 17.7 Å². The maximum Gasteiger partial charge on any atom is 0.254 e. The summed E-state index contributed by atoms with van der Waals surface area (Å²) >= 11 is 0. The lowest BCUT2D eigenvalue weighted by molar-refractivity contribution is 0.0858. The number of amides is 1. The van der Waals surface area contributed by atoms with E-state index in [4.69, 9.17) is 0 Å². The summed E-state index contributed by atoms with van der Waals surface area (Å²) in [6.07, 6.45) is 1.34. The molecule has 2 aromatic carbocycles. The van der Waals surface area contributed by atoms with Crippen molar-refractivity contribution in [3.63, 3.8) is 0 Å². The Morgan fingerprint density at radius 1 is 1.17 bits per heavy atom. The van der Waals surface area contributed by atoms with Crippen LogP contribution in [0.15, 0.2) is 54.9 Å². The molecular formula is C17H15N5O2. The highest BCUT2D eigenvalue weighted by Crippen LogP contribution is 2.31. The van der Waals surface area contributed by atoms with E-state index in [9.17, 15) is 9.90 Å². The maximum absolute atomic E-state index is 12.8. The van der Waals surface area contributed by atoms with Crippen molar-refractivity contribution in [1.29, 1.82) is 0 Å². The van der Waals surface area contributed by atoms with Gasteiger partial charge in [0.2, 0.25) is 0 Å². The second-order valence-electron chi connectivity index (χ2n) is 5.69. The zero-order valence-corrected chi connectivity index (χ0v) is 12.7. The Balaban J connectivity index is 1.64. The van der Waals surface area contributed by atoms with Crippen molar-refractivity contribution in [2.75, 3.05) is 0 Å². The van der Waals surface area contributed by atoms with Crippen molar-refractivity contribution in [2.45, 2.75) is 18.6 Å². The molecule has 1 aliphatic rings. The van der Waals surface area contributed by atoms with Gasteiger partial charge in [-0.05, 0) is 33.7 Å². The number of carbonyl (C=O) groups excluding carboxylic acids is 1. The van der Waals surface area contributed by atoms with Crippen LogP contribution in [0.1, 0.15) is 27.5 Å². The van der Waals surface area contributed by atoms with Crippen LogP contribution in [0.5, 0.6) is 0 Å². The van der Waals surface area contributed by atoms with Crippen LogP contribution in [0.2, 0.25) is 0 Å². The van der Waals surface area contributed by atoms with E-state index in [-0.39, 0.29) is 5.91 Å². The number of aromatic nitrogens is 4. The first-order valence-electron chi connectivity index (χ1n) is 7.63. The van der Waals surface area contributed by atoms with Gasteiger partial charge in [0.25, 0.3) is 5.91 Å². The summed E-state index contributed by atoms with van der Waals surface area (Å²) in [6.45, 7) is 0. The first-order valence-corrected chi connectivity index (χ1v) is 7.63. The summed E-state index contributed by atoms with van der Waals surface area (Å²) in [6, 6.07) is 14.4. The fourth-order valence-corrected chi connectivity index (χ4v) is 3.10. The number of hydrogen-bond acceptors (Lipinski definition) is 5. The van der Waals surface area contributed by atoms with Crippen LogP contribution < -0.4 is 5.32 Å². The Labute approximate surface area is 137 Å². The number of aliphatic hydroxyl groups is 1. The largest absolute Gasteiger partial charge is 0.390 e. The number of aliphatic hydroxyl groups excluding tert-OH is 1. The molecule has 0 spiro atoms. The quantitative estimate of drug-likeness (QED) is 0.752. The van der Waals surface area contributed by atoms with Gasteiger partial charge in [0.1, 0.15) is 6.33 Å². The molecule has 2 atom stereocenters. The monoisotopic (exact) mass is 321 g/mol. The first-order chi connectivity index (χ1) is 11.7. The molecular weight excluding hydrogens is 306 g/mol. The molecule has 120 valence electrons. The second-order valence-corrected chi connectivity index (χ2v) is 5.69. The molecule has 24 heavy (non-hydrogen) atoms. The van der Waals surface area contributed by atoms with Crippen LogP contribution in [-0.2, 0) is 6.42 Å². The minimum Gasteiger partial charge on any atom is -0.390 e. The summed E-state index contributed by atoms with van der Waals surface area (Å²) < 4.78 is 1.44. The predicted octanol–water partition coefficient (Wildman–Crippen LogP) is 1.05. The summed E-state index contributed by atoms with van der Waals surface area (Å²) in [4.78, 5) is 12.8. The zero-order valence-electron chi connectivity index (χ0n) is 12.7. The molecule has 1 aromatic heterocycles. The lowest BCUT2D eigenvalue weighted by Crippen LogP contribution is -2.34. The SMILES string of the molecule is O=C(NC1c2ccccc2CC1O)c1ccccc1-n1cnnn1. The van der Waals surface area contributed by atoms with Crippen LogP contribution in [0.25, 0.3) is 5.69 Å². The highest BCUT2D eigenvalue weighted by molar-refractivity contribution is 5.98. The van der Waals surface area contributed by atoms with Crippen LogP contribution in [0.4, 0.5) is 0 Å². The number of rotatable bonds is 3. The third-order valence-electron chi connectivity index (χ3n) is 4.24. The Hall–Kier alpha value is -3.06. The maximum atomic E-state index is 12.8. The van der Waals surface area contributed by atoms with Gasteiger partial charge < -0.3 is 10.4 Å². The number of tetrazole rings is 1. The molecule has 7 heteroatoms. The number of nitrogens with zero attached hydrogens (tertiary/aromatic N) is 4. The molecule has 4 rings (SSSR count). The highest BCUT2D eigenvalue weighted by Gasteiger charge is 2.32. The Kier molecular flexibility index (Phi) is 3.55. The summed E-state index contributed by atoms with van der Waals surface area (Å²) in [5.74, 6) is -0.276. The molecule has 1 amide bonds. The summed E-state index contributed by atoms with van der Waals surface area (Å²) in [5, 5.41) is 24.3. The molecule has 0 radical (unpaired) electrons. The van der Waals surface area contributed by atoms with E-state index in [0.717, 1.165) is 11.1 Å². The molecule has 0 bridgehead atoms. The third-order valence-corrected chi connectivity index (χ3v) is 4.24. The van der Waals surface area contributed by atoms with E-state index in [1.807, 2.05) is 30.3 Å². The van der Waals surface area contributed by atoms with Crippen LogP contribution >= 0.6 is 0 Å². The minimum atomic E-state index is -0.633. The van der Waals surface area contributed by atoms with Gasteiger partial charge in [-0.15, -0.1) is 5.10 Å². The predicted molar refractivity (Wildman–Crippen MR) is 85.5 cm³/mol. The minimum absolute atomic E-state index is 0.276. The molecule has 1 aliphatic carbocycles. The topological polar surface area (TPSA) is 92.9 Å². The van der Waals surface area contributed by atoms with Crippen molar-refractivity contribution < 1.29 is 9.90 Å². The van der Waals surface area contributed by atoms with E-state index in [2.05, 4.69) is 20.8 Å². The number of para-hydroxylation sites is 1. The summed E-state index contributed by atoms with van der Waals surface area (Å²) in [5.41, 5.74) is 3.05. The number of benzene rings is 2. The number of hydrogen-bond donors (Lipinski definition) is 2. The van der Waals surface area contributed by atoms with E-state index in [1.165, 1.54) is 11.0 Å². The van der Waals surface area contributed by atoms with E-state index in [1.54, 1.807) is 18.2 Å². The van der Waals surface area contributed by atoms with Gasteiger partial charge in [0.05, 0.1) is 23.4 Å². The number of fused-ring (bicyclic) bond motifs is 1. The molecule has 3 aromatic rings. The van der Waals surface area contributed by atoms with Crippen molar-refractivity contribution in [3.05, 3.63) is 71.5 Å². The molecule has 7 nitrogen and oxygen atoms in total. The van der Waals surface area contributed by atoms with Crippen molar-refractivity contribution in [3.8, 4) is 5.69 Å². The highest BCUT2D eigenvalue weighted by atomic mass is 16.3.